The van der Waals surface area contributed by atoms with E-state index < -0.39 is 17.8 Å². The van der Waals surface area contributed by atoms with Crippen LogP contribution in [0, 0.1) is 0 Å². The molecule has 0 aliphatic carbocycles. The van der Waals surface area contributed by atoms with Gasteiger partial charge in [0.1, 0.15) is 17.1 Å². The third-order valence-corrected chi connectivity index (χ3v) is 5.34. The van der Waals surface area contributed by atoms with Gasteiger partial charge in [0.2, 0.25) is 0 Å². The number of nitrogens with one attached hydrogen (secondary N) is 1. The van der Waals surface area contributed by atoms with Crippen LogP contribution in [0.25, 0.3) is 6.08 Å². The van der Waals surface area contributed by atoms with Crippen LogP contribution in [0.2, 0.25) is 0 Å². The molecule has 31 heavy (non-hydrogen) atoms. The summed E-state index contributed by atoms with van der Waals surface area (Å²) in [5.41, 5.74) is 0.663. The molecule has 7 nitrogen and oxygen atoms in total. The fourth-order valence-corrected chi connectivity index (χ4v) is 4.32. The Balaban J connectivity index is 2.01. The summed E-state index contributed by atoms with van der Waals surface area (Å²) >= 11 is 6.87. The van der Waals surface area contributed by atoms with Crippen molar-refractivity contribution in [1.82, 2.24) is 5.32 Å². The molecule has 0 saturated carbocycles. The van der Waals surface area contributed by atoms with Crippen LogP contribution in [0.3, 0.4) is 0 Å². The van der Waals surface area contributed by atoms with Crippen molar-refractivity contribution in [2.45, 2.75) is 20.3 Å². The molecule has 0 unspecified atom stereocenters. The van der Waals surface area contributed by atoms with E-state index in [9.17, 15) is 14.4 Å². The molecule has 9 heteroatoms. The molecule has 2 aromatic rings. The SMILES string of the molecule is CCCOc1c(Br)cc(Br)cc1/C=C1\C(=O)NC(=O)N(c2ccc(OCC)cc2)C1=O. The lowest BCUT2D eigenvalue weighted by molar-refractivity contribution is -0.122. The number of nitrogens with zero attached hydrogens (tertiary/aromatic N) is 1. The van der Waals surface area contributed by atoms with Gasteiger partial charge in [0.25, 0.3) is 11.8 Å². The molecule has 2 aromatic carbocycles. The number of benzene rings is 2. The van der Waals surface area contributed by atoms with Crippen molar-refractivity contribution in [1.29, 1.82) is 0 Å². The van der Waals surface area contributed by atoms with Gasteiger partial charge in [-0.15, -0.1) is 0 Å². The zero-order valence-electron chi connectivity index (χ0n) is 16.9. The summed E-state index contributed by atoms with van der Waals surface area (Å²) in [4.78, 5) is 39.0. The zero-order valence-corrected chi connectivity index (χ0v) is 20.1. The van der Waals surface area contributed by atoms with Crippen LogP contribution in [0.1, 0.15) is 25.8 Å². The summed E-state index contributed by atoms with van der Waals surface area (Å²) in [7, 11) is 0. The van der Waals surface area contributed by atoms with Crippen LogP contribution in [0.5, 0.6) is 11.5 Å². The van der Waals surface area contributed by atoms with Crippen LogP contribution in [0.4, 0.5) is 10.5 Å². The van der Waals surface area contributed by atoms with Crippen molar-refractivity contribution in [3.05, 3.63) is 56.5 Å². The summed E-state index contributed by atoms with van der Waals surface area (Å²) in [5, 5.41) is 2.22. The second-order valence-electron chi connectivity index (χ2n) is 6.54. The van der Waals surface area contributed by atoms with Crippen molar-refractivity contribution < 1.29 is 23.9 Å². The average Bonchev–Trinajstić information content (AvgIpc) is 2.71. The van der Waals surface area contributed by atoms with E-state index in [1.165, 1.54) is 6.08 Å². The number of carbonyl (C=O) groups excluding carboxylic acids is 3. The number of halogens is 2. The smallest absolute Gasteiger partial charge is 0.335 e. The predicted molar refractivity (Wildman–Crippen MR) is 124 cm³/mol. The first-order valence-corrected chi connectivity index (χ1v) is 11.2. The van der Waals surface area contributed by atoms with Gasteiger partial charge in [-0.1, -0.05) is 22.9 Å². The third-order valence-electron chi connectivity index (χ3n) is 4.30. The van der Waals surface area contributed by atoms with Crippen molar-refractivity contribution in [2.24, 2.45) is 0 Å². The molecular weight excluding hydrogens is 532 g/mol. The second-order valence-corrected chi connectivity index (χ2v) is 8.31. The minimum absolute atomic E-state index is 0.181. The second kappa shape index (κ2) is 10.1. The monoisotopic (exact) mass is 550 g/mol. The van der Waals surface area contributed by atoms with Gasteiger partial charge in [0.15, 0.2) is 0 Å². The van der Waals surface area contributed by atoms with E-state index in [4.69, 9.17) is 9.47 Å². The Morgan fingerprint density at radius 1 is 1.03 bits per heavy atom. The van der Waals surface area contributed by atoms with Gasteiger partial charge in [-0.3, -0.25) is 14.9 Å². The molecule has 1 saturated heterocycles. The molecule has 1 aliphatic heterocycles. The Hall–Kier alpha value is -2.65. The summed E-state index contributed by atoms with van der Waals surface area (Å²) in [6.45, 7) is 4.79. The van der Waals surface area contributed by atoms with Crippen molar-refractivity contribution >= 4 is 61.5 Å². The van der Waals surface area contributed by atoms with Crippen molar-refractivity contribution in [2.75, 3.05) is 18.1 Å². The minimum atomic E-state index is -0.811. The first kappa shape index (κ1) is 23.0. The van der Waals surface area contributed by atoms with E-state index in [2.05, 4.69) is 37.2 Å². The van der Waals surface area contributed by atoms with Crippen molar-refractivity contribution in [3.63, 3.8) is 0 Å². The Bertz CT molecular complexity index is 1050. The van der Waals surface area contributed by atoms with Gasteiger partial charge in [-0.25, -0.2) is 9.69 Å². The number of amides is 4. The van der Waals surface area contributed by atoms with Gasteiger partial charge in [0, 0.05) is 10.0 Å². The standard InChI is InChI=1S/C22H20Br2N2O5/c1-3-9-31-19-13(10-14(23)12-18(19)24)11-17-20(27)25-22(29)26(21(17)28)15-5-7-16(8-6-15)30-4-2/h5-8,10-12H,3-4,9H2,1-2H3,(H,25,27,29)/b17-11+. The quantitative estimate of drug-likeness (QED) is 0.384. The van der Waals surface area contributed by atoms with Gasteiger partial charge in [-0.2, -0.15) is 0 Å². The number of ether oxygens (including phenoxy) is 2. The molecule has 1 N–H and O–H groups in total. The Morgan fingerprint density at radius 2 is 1.74 bits per heavy atom. The molecule has 1 aliphatic rings. The summed E-state index contributed by atoms with van der Waals surface area (Å²) in [5.74, 6) is -0.382. The molecular formula is C22H20Br2N2O5. The number of rotatable bonds is 7. The predicted octanol–water partition coefficient (Wildman–Crippen LogP) is 5.07. The lowest BCUT2D eigenvalue weighted by atomic mass is 10.1. The highest BCUT2D eigenvalue weighted by Crippen LogP contribution is 2.35. The molecule has 0 atom stereocenters. The van der Waals surface area contributed by atoms with E-state index in [0.717, 1.165) is 15.8 Å². The van der Waals surface area contributed by atoms with Crippen molar-refractivity contribution in [3.8, 4) is 11.5 Å². The normalized spacial score (nSPS) is 15.3. The van der Waals surface area contributed by atoms with Gasteiger partial charge in [0.05, 0.1) is 23.4 Å². The zero-order chi connectivity index (χ0) is 22.5. The molecule has 1 fully saturated rings. The highest BCUT2D eigenvalue weighted by molar-refractivity contribution is 9.11. The largest absolute Gasteiger partial charge is 0.494 e. The van der Waals surface area contributed by atoms with E-state index in [1.54, 1.807) is 30.3 Å². The first-order chi connectivity index (χ1) is 14.8. The number of urea groups is 1. The van der Waals surface area contributed by atoms with Crippen LogP contribution in [-0.4, -0.2) is 31.1 Å². The maximum atomic E-state index is 13.1. The summed E-state index contributed by atoms with van der Waals surface area (Å²) < 4.78 is 12.6. The van der Waals surface area contributed by atoms with Gasteiger partial charge >= 0.3 is 6.03 Å². The van der Waals surface area contributed by atoms with E-state index >= 15 is 0 Å². The number of imide groups is 2. The number of hydrogen-bond donors (Lipinski definition) is 1. The maximum Gasteiger partial charge on any atom is 0.335 e. The number of hydrogen-bond acceptors (Lipinski definition) is 5. The van der Waals surface area contributed by atoms with E-state index in [-0.39, 0.29) is 5.57 Å². The first-order valence-electron chi connectivity index (χ1n) is 9.61. The summed E-state index contributed by atoms with van der Waals surface area (Å²) in [6, 6.07) is 9.21. The highest BCUT2D eigenvalue weighted by Gasteiger charge is 2.37. The maximum absolute atomic E-state index is 13.1. The van der Waals surface area contributed by atoms with Crippen LogP contribution >= 0.6 is 31.9 Å². The van der Waals surface area contributed by atoms with Gasteiger partial charge in [-0.05, 0) is 71.7 Å². The highest BCUT2D eigenvalue weighted by atomic mass is 79.9. The third kappa shape index (κ3) is 5.16. The van der Waals surface area contributed by atoms with Crippen LogP contribution in [-0.2, 0) is 9.59 Å². The Kier molecular flexibility index (Phi) is 7.50. The number of barbiturate groups is 1. The van der Waals surface area contributed by atoms with Crippen LogP contribution in [0.15, 0.2) is 50.9 Å². The molecule has 162 valence electrons. The molecule has 4 amide bonds. The molecule has 1 heterocycles. The lowest BCUT2D eigenvalue weighted by Crippen LogP contribution is -2.54. The Labute approximate surface area is 196 Å². The van der Waals surface area contributed by atoms with E-state index in [0.29, 0.717) is 40.4 Å². The van der Waals surface area contributed by atoms with E-state index in [1.807, 2.05) is 19.9 Å². The molecule has 0 radical (unpaired) electrons. The topological polar surface area (TPSA) is 84.9 Å². The summed E-state index contributed by atoms with van der Waals surface area (Å²) in [6.07, 6.45) is 2.21. The molecule has 0 spiro atoms. The number of anilines is 1. The molecule has 0 aromatic heterocycles. The fraction of sp³-hybridized carbons (Fsp3) is 0.227. The van der Waals surface area contributed by atoms with Gasteiger partial charge < -0.3 is 9.47 Å². The minimum Gasteiger partial charge on any atom is -0.494 e. The molecule has 3 rings (SSSR count). The average molecular weight is 552 g/mol. The molecule has 0 bridgehead atoms. The lowest BCUT2D eigenvalue weighted by Gasteiger charge is -2.26. The van der Waals surface area contributed by atoms with Crippen LogP contribution < -0.4 is 19.7 Å². The fourth-order valence-electron chi connectivity index (χ4n) is 2.95. The number of carbonyl (C=O) groups is 3. The Morgan fingerprint density at radius 3 is 2.39 bits per heavy atom.